The van der Waals surface area contributed by atoms with Crippen molar-refractivity contribution in [3.05, 3.63) is 11.9 Å². The van der Waals surface area contributed by atoms with Gasteiger partial charge in [0.1, 0.15) is 0 Å². The second-order valence-corrected chi connectivity index (χ2v) is 5.62. The summed E-state index contributed by atoms with van der Waals surface area (Å²) in [7, 11) is 1.91. The lowest BCUT2D eigenvalue weighted by Gasteiger charge is -2.19. The molecule has 1 rings (SSSR count). The molecule has 1 N–H and O–H groups in total. The van der Waals surface area contributed by atoms with Gasteiger partial charge in [0, 0.05) is 12.8 Å². The van der Waals surface area contributed by atoms with Gasteiger partial charge in [0.05, 0.1) is 30.7 Å². The molecular weight excluding hydrogens is 224 g/mol. The highest BCUT2D eigenvalue weighted by Gasteiger charge is 2.10. The Morgan fingerprint density at radius 1 is 1.50 bits per heavy atom. The lowest BCUT2D eigenvalue weighted by Crippen LogP contribution is -2.20. The van der Waals surface area contributed by atoms with Crippen LogP contribution in [0.2, 0.25) is 0 Å². The van der Waals surface area contributed by atoms with E-state index in [0.717, 1.165) is 16.6 Å². The van der Waals surface area contributed by atoms with Crippen molar-refractivity contribution in [2.24, 2.45) is 7.05 Å². The van der Waals surface area contributed by atoms with Gasteiger partial charge in [-0.05, 0) is 20.8 Å². The molecule has 0 bridgehead atoms. The average Bonchev–Trinajstić information content (AvgIpc) is 2.53. The minimum atomic E-state index is -0.0849. The Hall–Kier alpha value is -0.520. The maximum absolute atomic E-state index is 9.02. The van der Waals surface area contributed by atoms with Gasteiger partial charge < -0.3 is 14.4 Å². The highest BCUT2D eigenvalue weighted by molar-refractivity contribution is 7.99. The van der Waals surface area contributed by atoms with Crippen molar-refractivity contribution in [1.29, 1.82) is 0 Å². The molecule has 16 heavy (non-hydrogen) atoms. The van der Waals surface area contributed by atoms with Gasteiger partial charge in [0.15, 0.2) is 5.16 Å². The van der Waals surface area contributed by atoms with Crippen LogP contribution in [0.5, 0.6) is 0 Å². The van der Waals surface area contributed by atoms with E-state index < -0.39 is 0 Å². The van der Waals surface area contributed by atoms with E-state index in [1.165, 1.54) is 0 Å². The molecule has 1 aromatic rings. The van der Waals surface area contributed by atoms with Crippen molar-refractivity contribution in [2.45, 2.75) is 38.1 Å². The smallest absolute Gasteiger partial charge is 0.168 e. The van der Waals surface area contributed by atoms with Crippen LogP contribution in [0.1, 0.15) is 26.5 Å². The van der Waals surface area contributed by atoms with Crippen LogP contribution in [0.15, 0.2) is 11.4 Å². The van der Waals surface area contributed by atoms with Crippen molar-refractivity contribution in [1.82, 2.24) is 9.55 Å². The molecule has 0 saturated heterocycles. The normalized spacial score (nSPS) is 12.1. The first-order chi connectivity index (χ1) is 7.44. The van der Waals surface area contributed by atoms with Crippen LogP contribution in [0.4, 0.5) is 0 Å². The fraction of sp³-hybridized carbons (Fsp3) is 0.727. The minimum absolute atomic E-state index is 0.0303. The molecule has 4 nitrogen and oxygen atoms in total. The zero-order chi connectivity index (χ0) is 12.2. The quantitative estimate of drug-likeness (QED) is 0.634. The SMILES string of the molecule is Cn1c(CO)cnc1SCCOC(C)(C)C. The molecule has 0 fully saturated rings. The Morgan fingerprint density at radius 3 is 2.69 bits per heavy atom. The van der Waals surface area contributed by atoms with E-state index in [1.54, 1.807) is 18.0 Å². The van der Waals surface area contributed by atoms with Crippen molar-refractivity contribution < 1.29 is 9.84 Å². The summed E-state index contributed by atoms with van der Waals surface area (Å²) in [6.45, 7) is 6.87. The summed E-state index contributed by atoms with van der Waals surface area (Å²) in [5.41, 5.74) is 0.748. The van der Waals surface area contributed by atoms with Crippen LogP contribution < -0.4 is 0 Å². The monoisotopic (exact) mass is 244 g/mol. The number of ether oxygens (including phenoxy) is 1. The third kappa shape index (κ3) is 4.15. The number of thioether (sulfide) groups is 1. The molecule has 0 aliphatic rings. The Morgan fingerprint density at radius 2 is 2.19 bits per heavy atom. The van der Waals surface area contributed by atoms with E-state index in [-0.39, 0.29) is 12.2 Å². The molecular formula is C11H20N2O2S. The summed E-state index contributed by atoms with van der Waals surface area (Å²) < 4.78 is 7.52. The summed E-state index contributed by atoms with van der Waals surface area (Å²) in [4.78, 5) is 4.23. The predicted molar refractivity (Wildman–Crippen MR) is 65.6 cm³/mol. The number of nitrogens with zero attached hydrogens (tertiary/aromatic N) is 2. The molecule has 0 atom stereocenters. The van der Waals surface area contributed by atoms with Crippen molar-refractivity contribution in [2.75, 3.05) is 12.4 Å². The molecule has 0 aliphatic carbocycles. The molecule has 0 amide bonds. The van der Waals surface area contributed by atoms with E-state index in [0.29, 0.717) is 6.61 Å². The number of hydrogen-bond donors (Lipinski definition) is 1. The Kier molecular flexibility index (Phi) is 4.83. The number of imidazole rings is 1. The van der Waals surface area contributed by atoms with Crippen molar-refractivity contribution in [3.8, 4) is 0 Å². The summed E-state index contributed by atoms with van der Waals surface area (Å²) >= 11 is 1.64. The molecule has 0 aromatic carbocycles. The third-order valence-corrected chi connectivity index (χ3v) is 3.06. The van der Waals surface area contributed by atoms with Crippen LogP contribution >= 0.6 is 11.8 Å². The van der Waals surface area contributed by atoms with Crippen LogP contribution in [-0.2, 0) is 18.4 Å². The van der Waals surface area contributed by atoms with Crippen molar-refractivity contribution in [3.63, 3.8) is 0 Å². The highest BCUT2D eigenvalue weighted by atomic mass is 32.2. The second-order valence-electron chi connectivity index (χ2n) is 4.56. The molecule has 0 radical (unpaired) electrons. The third-order valence-electron chi connectivity index (χ3n) is 2.05. The van der Waals surface area contributed by atoms with Crippen LogP contribution in [-0.4, -0.2) is 32.6 Å². The maximum atomic E-state index is 9.02. The standard InChI is InChI=1S/C11H20N2O2S/c1-11(2,3)15-5-6-16-10-12-7-9(8-14)13(10)4/h7,14H,5-6,8H2,1-4H3. The molecule has 0 saturated carbocycles. The number of aliphatic hydroxyl groups is 1. The molecule has 0 aliphatic heterocycles. The summed E-state index contributed by atoms with van der Waals surface area (Å²) in [5, 5.41) is 9.93. The van der Waals surface area contributed by atoms with Gasteiger partial charge in [0.25, 0.3) is 0 Å². The Bertz CT molecular complexity index is 331. The van der Waals surface area contributed by atoms with E-state index in [4.69, 9.17) is 9.84 Å². The number of aliphatic hydroxyl groups excluding tert-OH is 1. The zero-order valence-corrected chi connectivity index (χ0v) is 11.2. The average molecular weight is 244 g/mol. The molecule has 1 aromatic heterocycles. The minimum Gasteiger partial charge on any atom is -0.390 e. The number of aromatic nitrogens is 2. The van der Waals surface area contributed by atoms with E-state index in [2.05, 4.69) is 4.98 Å². The lowest BCUT2D eigenvalue weighted by atomic mass is 10.2. The van der Waals surface area contributed by atoms with Crippen LogP contribution in [0.25, 0.3) is 0 Å². The second kappa shape index (κ2) is 5.70. The lowest BCUT2D eigenvalue weighted by molar-refractivity contribution is 0.00693. The number of rotatable bonds is 5. The largest absolute Gasteiger partial charge is 0.390 e. The molecule has 1 heterocycles. The van der Waals surface area contributed by atoms with Crippen LogP contribution in [0, 0.1) is 0 Å². The first-order valence-corrected chi connectivity index (χ1v) is 6.31. The zero-order valence-electron chi connectivity index (χ0n) is 10.4. The first-order valence-electron chi connectivity index (χ1n) is 5.32. The van der Waals surface area contributed by atoms with Gasteiger partial charge in [-0.2, -0.15) is 0 Å². The predicted octanol–water partition coefficient (Wildman–Crippen LogP) is 1.82. The van der Waals surface area contributed by atoms with Gasteiger partial charge in [-0.15, -0.1) is 0 Å². The fourth-order valence-corrected chi connectivity index (χ4v) is 1.97. The van der Waals surface area contributed by atoms with E-state index in [9.17, 15) is 0 Å². The van der Waals surface area contributed by atoms with E-state index in [1.807, 2.05) is 32.4 Å². The maximum Gasteiger partial charge on any atom is 0.168 e. The fourth-order valence-electron chi connectivity index (χ4n) is 1.19. The Balaban J connectivity index is 2.35. The Labute approximate surface area is 101 Å². The summed E-state index contributed by atoms with van der Waals surface area (Å²) in [6.07, 6.45) is 1.70. The van der Waals surface area contributed by atoms with E-state index >= 15 is 0 Å². The molecule has 0 unspecified atom stereocenters. The van der Waals surface area contributed by atoms with Gasteiger partial charge >= 0.3 is 0 Å². The number of hydrogen-bond acceptors (Lipinski definition) is 4. The highest BCUT2D eigenvalue weighted by Crippen LogP contribution is 2.18. The van der Waals surface area contributed by atoms with Gasteiger partial charge in [0.2, 0.25) is 0 Å². The molecule has 0 spiro atoms. The van der Waals surface area contributed by atoms with Crippen molar-refractivity contribution >= 4 is 11.8 Å². The summed E-state index contributed by atoms with van der Waals surface area (Å²) in [6, 6.07) is 0. The van der Waals surface area contributed by atoms with Gasteiger partial charge in [-0.1, -0.05) is 11.8 Å². The molecule has 92 valence electrons. The molecule has 5 heteroatoms. The topological polar surface area (TPSA) is 47.3 Å². The van der Waals surface area contributed by atoms with Gasteiger partial charge in [-0.25, -0.2) is 4.98 Å². The van der Waals surface area contributed by atoms with Crippen LogP contribution in [0.3, 0.4) is 0 Å². The van der Waals surface area contributed by atoms with Gasteiger partial charge in [-0.3, -0.25) is 0 Å². The summed E-state index contributed by atoms with van der Waals surface area (Å²) in [5.74, 6) is 0.868. The first kappa shape index (κ1) is 13.5.